The molecule has 1 atom stereocenters. The van der Waals surface area contributed by atoms with Crippen molar-refractivity contribution in [3.05, 3.63) is 52.3 Å². The molecular formula is C19H21N4OS+. The number of nitrogens with one attached hydrogen (secondary N) is 2. The molecule has 1 aromatic heterocycles. The molecule has 1 saturated heterocycles. The van der Waals surface area contributed by atoms with E-state index in [1.54, 1.807) is 13.1 Å². The van der Waals surface area contributed by atoms with E-state index in [9.17, 15) is 10.1 Å². The normalized spacial score (nSPS) is 20.5. The third kappa shape index (κ3) is 3.27. The Morgan fingerprint density at radius 3 is 2.64 bits per heavy atom. The first kappa shape index (κ1) is 17.5. The second kappa shape index (κ2) is 7.28. The maximum atomic E-state index is 11.6. The van der Waals surface area contributed by atoms with Crippen molar-refractivity contribution in [2.75, 3.05) is 26.2 Å². The van der Waals surface area contributed by atoms with Crippen molar-refractivity contribution in [1.29, 1.82) is 5.26 Å². The minimum atomic E-state index is 0.0514. The van der Waals surface area contributed by atoms with Crippen molar-refractivity contribution in [2.24, 2.45) is 0 Å². The Morgan fingerprint density at radius 2 is 1.96 bits per heavy atom. The van der Waals surface area contributed by atoms with Gasteiger partial charge < -0.3 is 10.3 Å². The lowest BCUT2D eigenvalue weighted by atomic mass is 10.1. The summed E-state index contributed by atoms with van der Waals surface area (Å²) in [6, 6.07) is 12.0. The smallest absolute Gasteiger partial charge is 0.160 e. The molecule has 2 heterocycles. The number of carbonyl (C=O) groups is 1. The Balaban J connectivity index is 2.21. The van der Waals surface area contributed by atoms with Crippen molar-refractivity contribution >= 4 is 29.4 Å². The van der Waals surface area contributed by atoms with Crippen LogP contribution in [0.1, 0.15) is 29.3 Å². The van der Waals surface area contributed by atoms with Crippen LogP contribution in [-0.4, -0.2) is 36.9 Å². The molecular weight excluding hydrogens is 332 g/mol. The lowest BCUT2D eigenvalue weighted by Crippen LogP contribution is -2.47. The van der Waals surface area contributed by atoms with Crippen LogP contribution in [-0.2, 0) is 0 Å². The summed E-state index contributed by atoms with van der Waals surface area (Å²) in [5.41, 5.74) is 3.21. The van der Waals surface area contributed by atoms with Gasteiger partial charge in [-0.25, -0.2) is 0 Å². The predicted molar refractivity (Wildman–Crippen MR) is 101 cm³/mol. The molecule has 128 valence electrons. The van der Waals surface area contributed by atoms with E-state index in [1.807, 2.05) is 30.3 Å². The average Bonchev–Trinajstić information content (AvgIpc) is 2.88. The van der Waals surface area contributed by atoms with Gasteiger partial charge in [0.1, 0.15) is 28.5 Å². The summed E-state index contributed by atoms with van der Waals surface area (Å²) in [5.74, 6) is 0.0514. The third-order valence-corrected chi connectivity index (χ3v) is 5.17. The molecule has 0 radical (unpaired) electrons. The number of pyridine rings is 1. The second-order valence-electron chi connectivity index (χ2n) is 6.30. The number of aromatic nitrogens is 1. The molecule has 2 aromatic rings. The fourth-order valence-corrected chi connectivity index (χ4v) is 3.75. The minimum absolute atomic E-state index is 0.0514. The number of rotatable bonds is 3. The molecule has 2 N–H and O–H groups in total. The Bertz CT molecular complexity index is 872. The lowest BCUT2D eigenvalue weighted by Gasteiger charge is -2.37. The number of Topliss-reactive ketones (excluding diaryl/α,β-unsaturated/α-hetero) is 1. The van der Waals surface area contributed by atoms with Gasteiger partial charge in [0.2, 0.25) is 0 Å². The van der Waals surface area contributed by atoms with Crippen LogP contribution in [0.15, 0.2) is 36.5 Å². The third-order valence-electron chi connectivity index (χ3n) is 4.84. The van der Waals surface area contributed by atoms with Crippen molar-refractivity contribution in [1.82, 2.24) is 14.8 Å². The molecule has 1 aliphatic rings. The van der Waals surface area contributed by atoms with Crippen LogP contribution in [0, 0.1) is 16.0 Å². The van der Waals surface area contributed by atoms with Gasteiger partial charge in [0.05, 0.1) is 6.54 Å². The number of hydrogen-bond donors (Lipinski definition) is 2. The highest BCUT2D eigenvalue weighted by Crippen LogP contribution is 2.37. The topological polar surface area (TPSA) is 68.7 Å². The number of carbonyl (C=O) groups excluding carboxylic acids is 1. The first-order valence-electron chi connectivity index (χ1n) is 8.40. The maximum Gasteiger partial charge on any atom is 0.160 e. The van der Waals surface area contributed by atoms with E-state index in [2.05, 4.69) is 16.4 Å². The molecule has 0 bridgehead atoms. The first-order chi connectivity index (χ1) is 12.1. The standard InChI is InChI=1S/C19H20N4OS/c1-14(24)15-3-5-16(6-4-15)23(11-2-8-21-10-12-23)18-7-9-22-19(25)17(18)13-20/h3-7,9,21H,2,8,10-12H2,1H3/p+1. The number of H-pyrrole nitrogens is 1. The second-order valence-corrected chi connectivity index (χ2v) is 6.71. The Labute approximate surface area is 152 Å². The molecule has 0 saturated carbocycles. The van der Waals surface area contributed by atoms with Crippen molar-refractivity contribution in [3.8, 4) is 6.07 Å². The Kier molecular flexibility index (Phi) is 5.09. The van der Waals surface area contributed by atoms with Crippen LogP contribution in [0.25, 0.3) is 0 Å². The van der Waals surface area contributed by atoms with Crippen LogP contribution in [0.5, 0.6) is 0 Å². The number of benzene rings is 1. The van der Waals surface area contributed by atoms with Gasteiger partial charge in [-0.05, 0) is 19.1 Å². The van der Waals surface area contributed by atoms with Gasteiger partial charge in [-0.2, -0.15) is 5.26 Å². The summed E-state index contributed by atoms with van der Waals surface area (Å²) in [6.45, 7) is 5.07. The fraction of sp³-hybridized carbons (Fsp3) is 0.316. The predicted octanol–water partition coefficient (Wildman–Crippen LogP) is 3.45. The van der Waals surface area contributed by atoms with Gasteiger partial charge in [-0.1, -0.05) is 12.2 Å². The van der Waals surface area contributed by atoms with Crippen molar-refractivity contribution in [2.45, 2.75) is 13.3 Å². The highest BCUT2D eigenvalue weighted by atomic mass is 32.1. The quantitative estimate of drug-likeness (QED) is 0.504. The molecule has 0 amide bonds. The van der Waals surface area contributed by atoms with Crippen LogP contribution in [0.2, 0.25) is 0 Å². The summed E-state index contributed by atoms with van der Waals surface area (Å²) in [6.07, 6.45) is 2.80. The average molecular weight is 353 g/mol. The fourth-order valence-electron chi connectivity index (χ4n) is 3.53. The van der Waals surface area contributed by atoms with E-state index in [1.165, 1.54) is 0 Å². The lowest BCUT2D eigenvalue weighted by molar-refractivity contribution is 0.101. The van der Waals surface area contributed by atoms with E-state index in [0.29, 0.717) is 20.3 Å². The molecule has 1 aromatic carbocycles. The van der Waals surface area contributed by atoms with E-state index in [0.717, 1.165) is 44.0 Å². The van der Waals surface area contributed by atoms with Crippen LogP contribution in [0.4, 0.5) is 11.4 Å². The van der Waals surface area contributed by atoms with E-state index in [-0.39, 0.29) is 5.78 Å². The van der Waals surface area contributed by atoms with E-state index >= 15 is 0 Å². The SMILES string of the molecule is CC(=O)c1ccc([N+]2(c3cc[nH]c(=S)c3C#N)CCCNCC2)cc1. The largest absolute Gasteiger partial charge is 0.351 e. The van der Waals surface area contributed by atoms with Crippen LogP contribution >= 0.6 is 12.2 Å². The summed E-state index contributed by atoms with van der Waals surface area (Å²) in [5, 5.41) is 13.1. The van der Waals surface area contributed by atoms with Gasteiger partial charge in [0.15, 0.2) is 11.5 Å². The molecule has 5 nitrogen and oxygen atoms in total. The summed E-state index contributed by atoms with van der Waals surface area (Å²) in [4.78, 5) is 14.6. The monoisotopic (exact) mass is 353 g/mol. The molecule has 0 aliphatic carbocycles. The zero-order valence-electron chi connectivity index (χ0n) is 14.2. The summed E-state index contributed by atoms with van der Waals surface area (Å²) in [7, 11) is 0. The summed E-state index contributed by atoms with van der Waals surface area (Å²) >= 11 is 5.35. The molecule has 25 heavy (non-hydrogen) atoms. The molecule has 0 spiro atoms. The molecule has 6 heteroatoms. The Morgan fingerprint density at radius 1 is 1.20 bits per heavy atom. The first-order valence-corrected chi connectivity index (χ1v) is 8.81. The minimum Gasteiger partial charge on any atom is -0.351 e. The van der Waals surface area contributed by atoms with Gasteiger partial charge >= 0.3 is 0 Å². The number of quaternary nitrogens is 1. The highest BCUT2D eigenvalue weighted by Gasteiger charge is 2.36. The number of nitrogens with zero attached hydrogens (tertiary/aromatic N) is 2. The van der Waals surface area contributed by atoms with Gasteiger partial charge in [0.25, 0.3) is 0 Å². The van der Waals surface area contributed by atoms with E-state index < -0.39 is 0 Å². The molecule has 3 rings (SSSR count). The molecule has 1 aliphatic heterocycles. The van der Waals surface area contributed by atoms with Gasteiger partial charge in [-0.15, -0.1) is 0 Å². The number of ketones is 1. The van der Waals surface area contributed by atoms with Gasteiger partial charge in [-0.3, -0.25) is 9.28 Å². The molecule has 1 unspecified atom stereocenters. The van der Waals surface area contributed by atoms with Crippen molar-refractivity contribution in [3.63, 3.8) is 0 Å². The van der Waals surface area contributed by atoms with Crippen LogP contribution in [0.3, 0.4) is 0 Å². The zero-order valence-corrected chi connectivity index (χ0v) is 15.0. The Hall–Kier alpha value is -2.33. The van der Waals surface area contributed by atoms with E-state index in [4.69, 9.17) is 12.2 Å². The highest BCUT2D eigenvalue weighted by molar-refractivity contribution is 7.71. The zero-order chi connectivity index (χ0) is 17.9. The summed E-state index contributed by atoms with van der Waals surface area (Å²) < 4.78 is 1.03. The maximum absolute atomic E-state index is 11.6. The van der Waals surface area contributed by atoms with Crippen LogP contribution < -0.4 is 9.80 Å². The number of nitriles is 1. The number of hydrogen-bond acceptors (Lipinski definition) is 4. The van der Waals surface area contributed by atoms with Crippen molar-refractivity contribution < 1.29 is 4.79 Å². The number of aromatic amines is 1. The van der Waals surface area contributed by atoms with Gasteiger partial charge in [0, 0.05) is 49.5 Å². The molecule has 1 fully saturated rings.